The van der Waals surface area contributed by atoms with Crippen molar-refractivity contribution >= 4 is 22.3 Å². The lowest BCUT2D eigenvalue weighted by atomic mass is 10.3. The average Bonchev–Trinajstić information content (AvgIpc) is 2.13. The van der Waals surface area contributed by atoms with Gasteiger partial charge in [-0.25, -0.2) is 14.3 Å². The largest absolute Gasteiger partial charge is 0.479 e. The number of amides is 1. The predicted octanol–water partition coefficient (Wildman–Crippen LogP) is -1.21. The van der Waals surface area contributed by atoms with Crippen LogP contribution in [0.4, 0.5) is 4.79 Å². The molecule has 0 aliphatic rings. The van der Waals surface area contributed by atoms with Gasteiger partial charge in [0.25, 0.3) is 0 Å². The first-order chi connectivity index (χ1) is 8.14. The van der Waals surface area contributed by atoms with Crippen LogP contribution in [0.3, 0.4) is 0 Å². The summed E-state index contributed by atoms with van der Waals surface area (Å²) in [6.07, 6.45) is -3.62. The van der Waals surface area contributed by atoms with Gasteiger partial charge in [0.2, 0.25) is 0 Å². The van der Waals surface area contributed by atoms with Crippen molar-refractivity contribution in [3.05, 3.63) is 0 Å². The van der Waals surface area contributed by atoms with E-state index < -0.39 is 34.5 Å². The summed E-state index contributed by atoms with van der Waals surface area (Å²) in [7, 11) is -4.13. The first kappa shape index (κ1) is 16.6. The third kappa shape index (κ3) is 7.81. The summed E-state index contributed by atoms with van der Waals surface area (Å²) >= 11 is 0. The lowest BCUT2D eigenvalue weighted by Crippen LogP contribution is -2.42. The van der Waals surface area contributed by atoms with E-state index >= 15 is 0 Å². The molecule has 18 heavy (non-hydrogen) atoms. The molecule has 0 aromatic rings. The summed E-state index contributed by atoms with van der Waals surface area (Å²) in [6, 6.07) is 0. The van der Waals surface area contributed by atoms with E-state index in [1.54, 1.807) is 18.6 Å². The highest BCUT2D eigenvalue weighted by Gasteiger charge is 2.18. The summed E-state index contributed by atoms with van der Waals surface area (Å²) in [4.78, 5) is 21.2. The molecule has 0 heterocycles. The Morgan fingerprint density at radius 1 is 1.33 bits per heavy atom. The van der Waals surface area contributed by atoms with Gasteiger partial charge in [-0.3, -0.25) is 0 Å². The molecule has 10 heteroatoms. The van der Waals surface area contributed by atoms with Crippen LogP contribution < -0.4 is 9.44 Å². The van der Waals surface area contributed by atoms with E-state index in [-0.39, 0.29) is 13.0 Å². The van der Waals surface area contributed by atoms with Gasteiger partial charge in [-0.1, -0.05) is 0 Å². The Bertz CT molecular complexity index is 392. The van der Waals surface area contributed by atoms with E-state index in [9.17, 15) is 18.0 Å². The summed E-state index contributed by atoms with van der Waals surface area (Å²) in [5.41, 5.74) is 0. The van der Waals surface area contributed by atoms with E-state index in [0.717, 1.165) is 0 Å². The molecule has 9 nitrogen and oxygen atoms in total. The molecule has 0 aliphatic carbocycles. The molecule has 106 valence electrons. The Kier molecular flexibility index (Phi) is 6.58. The average molecular weight is 284 g/mol. The number of carboxylic acids is 1. The molecule has 0 fully saturated rings. The van der Waals surface area contributed by atoms with Crippen LogP contribution >= 0.6 is 0 Å². The number of aliphatic carboxylic acids is 1. The molecule has 0 aromatic heterocycles. The smallest absolute Gasteiger partial charge is 0.422 e. The number of carbonyl (C=O) groups is 2. The fourth-order valence-electron chi connectivity index (χ4n) is 0.837. The van der Waals surface area contributed by atoms with Gasteiger partial charge in [-0.05, 0) is 20.3 Å². The molecule has 0 rings (SSSR count). The van der Waals surface area contributed by atoms with E-state index in [4.69, 9.17) is 10.2 Å². The van der Waals surface area contributed by atoms with Crippen molar-refractivity contribution in [3.63, 3.8) is 0 Å². The van der Waals surface area contributed by atoms with Gasteiger partial charge in [0, 0.05) is 6.54 Å². The van der Waals surface area contributed by atoms with E-state index in [1.807, 2.05) is 4.72 Å². The maximum atomic E-state index is 11.2. The number of hydrogen-bond donors (Lipinski definition) is 4. The van der Waals surface area contributed by atoms with E-state index in [2.05, 4.69) is 4.74 Å². The molecular weight excluding hydrogens is 268 g/mol. The molecule has 0 radical (unpaired) electrons. The predicted molar refractivity (Wildman–Crippen MR) is 59.9 cm³/mol. The maximum absolute atomic E-state index is 11.2. The first-order valence-corrected chi connectivity index (χ1v) is 6.51. The Balaban J connectivity index is 4.09. The molecule has 4 N–H and O–H groups in total. The zero-order valence-corrected chi connectivity index (χ0v) is 10.7. The minimum absolute atomic E-state index is 0.324. The lowest BCUT2D eigenvalue weighted by Gasteiger charge is -2.11. The van der Waals surface area contributed by atoms with Crippen LogP contribution in [-0.2, 0) is 19.7 Å². The normalized spacial score (nSPS) is 13.1. The fourth-order valence-corrected chi connectivity index (χ4v) is 1.56. The third-order valence-electron chi connectivity index (χ3n) is 1.56. The monoisotopic (exact) mass is 284 g/mol. The van der Waals surface area contributed by atoms with Gasteiger partial charge < -0.3 is 14.9 Å². The van der Waals surface area contributed by atoms with Crippen LogP contribution in [0.15, 0.2) is 0 Å². The Morgan fingerprint density at radius 2 is 1.89 bits per heavy atom. The summed E-state index contributed by atoms with van der Waals surface area (Å²) in [5.74, 6) is -1.46. The van der Waals surface area contributed by atoms with E-state index in [1.165, 1.54) is 0 Å². The number of carbonyl (C=O) groups excluding carboxylic acids is 1. The SMILES string of the molecule is CC(C)OC(=O)NS(=O)(=O)NCC[C@H](O)C(=O)O. The number of carboxylic acid groups (broad SMARTS) is 1. The minimum Gasteiger partial charge on any atom is -0.479 e. The van der Waals surface area contributed by atoms with E-state index in [0.29, 0.717) is 0 Å². The van der Waals surface area contributed by atoms with Crippen LogP contribution in [0.5, 0.6) is 0 Å². The first-order valence-electron chi connectivity index (χ1n) is 5.03. The highest BCUT2D eigenvalue weighted by atomic mass is 32.2. The second-order valence-corrected chi connectivity index (χ2v) is 5.10. The van der Waals surface area contributed by atoms with Crippen molar-refractivity contribution in [2.75, 3.05) is 6.54 Å². The summed E-state index contributed by atoms with van der Waals surface area (Å²) in [5, 5.41) is 17.2. The van der Waals surface area contributed by atoms with Gasteiger partial charge in [-0.2, -0.15) is 13.1 Å². The molecule has 1 atom stereocenters. The number of hydrogen-bond acceptors (Lipinski definition) is 6. The zero-order chi connectivity index (χ0) is 14.3. The van der Waals surface area contributed by atoms with Crippen LogP contribution in [0, 0.1) is 0 Å². The van der Waals surface area contributed by atoms with Gasteiger partial charge in [-0.15, -0.1) is 0 Å². The highest BCUT2D eigenvalue weighted by Crippen LogP contribution is 1.92. The molecule has 1 amide bonds. The van der Waals surface area contributed by atoms with Crippen molar-refractivity contribution < 1.29 is 33.0 Å². The van der Waals surface area contributed by atoms with Crippen molar-refractivity contribution in [1.29, 1.82) is 0 Å². The topological polar surface area (TPSA) is 142 Å². The van der Waals surface area contributed by atoms with Crippen molar-refractivity contribution in [3.8, 4) is 0 Å². The summed E-state index contributed by atoms with van der Waals surface area (Å²) in [6.45, 7) is 2.75. The molecule has 0 bridgehead atoms. The van der Waals surface area contributed by atoms with Gasteiger partial charge in [0.15, 0.2) is 6.10 Å². The second-order valence-electron chi connectivity index (χ2n) is 3.60. The van der Waals surface area contributed by atoms with Crippen LogP contribution in [0.1, 0.15) is 20.3 Å². The quantitative estimate of drug-likeness (QED) is 0.459. The van der Waals surface area contributed by atoms with Crippen molar-refractivity contribution in [1.82, 2.24) is 9.44 Å². The van der Waals surface area contributed by atoms with Crippen LogP contribution in [0.25, 0.3) is 0 Å². The number of rotatable bonds is 7. The maximum Gasteiger partial charge on any atom is 0.422 e. The molecule has 0 unspecified atom stereocenters. The molecular formula is C8H16N2O7S. The third-order valence-corrected chi connectivity index (χ3v) is 2.57. The molecule has 0 spiro atoms. The number of aliphatic hydroxyl groups excluding tert-OH is 1. The number of ether oxygens (including phenoxy) is 1. The summed E-state index contributed by atoms with van der Waals surface area (Å²) < 4.78 is 30.4. The molecule has 0 saturated heterocycles. The second kappa shape index (κ2) is 7.13. The number of nitrogens with one attached hydrogen (secondary N) is 2. The van der Waals surface area contributed by atoms with Crippen LogP contribution in [0.2, 0.25) is 0 Å². The zero-order valence-electron chi connectivity index (χ0n) is 9.91. The Hall–Kier alpha value is -1.39. The Morgan fingerprint density at radius 3 is 2.33 bits per heavy atom. The van der Waals surface area contributed by atoms with Crippen molar-refractivity contribution in [2.24, 2.45) is 0 Å². The highest BCUT2D eigenvalue weighted by molar-refractivity contribution is 7.88. The van der Waals surface area contributed by atoms with Crippen LogP contribution in [-0.4, -0.2) is 49.4 Å². The Labute approximate surface area is 104 Å². The van der Waals surface area contributed by atoms with Gasteiger partial charge in [0.05, 0.1) is 6.10 Å². The van der Waals surface area contributed by atoms with Crippen molar-refractivity contribution in [2.45, 2.75) is 32.5 Å². The van der Waals surface area contributed by atoms with Gasteiger partial charge in [0.1, 0.15) is 0 Å². The molecule has 0 aromatic carbocycles. The standard InChI is InChI=1S/C8H16N2O7S/c1-5(2)17-8(14)10-18(15,16)9-4-3-6(11)7(12)13/h5-6,9,11H,3-4H2,1-2H3,(H,10,14)(H,12,13)/t6-/m0/s1. The fraction of sp³-hybridized carbons (Fsp3) is 0.750. The lowest BCUT2D eigenvalue weighted by molar-refractivity contribution is -0.146. The van der Waals surface area contributed by atoms with Gasteiger partial charge >= 0.3 is 22.3 Å². The molecule has 0 aliphatic heterocycles. The minimum atomic E-state index is -4.13. The molecule has 0 saturated carbocycles. The number of aliphatic hydroxyl groups is 1.